The molecule has 0 saturated carbocycles. The molecular weight excluding hydrogens is 260 g/mol. The number of hydrogen-bond donors (Lipinski definition) is 1. The van der Waals surface area contributed by atoms with E-state index in [1.54, 1.807) is 12.4 Å². The second-order valence-electron chi connectivity index (χ2n) is 3.98. The summed E-state index contributed by atoms with van der Waals surface area (Å²) in [7, 11) is -0.965. The van der Waals surface area contributed by atoms with E-state index in [9.17, 15) is 4.21 Å². The fraction of sp³-hybridized carbons (Fsp3) is 0.154. The second kappa shape index (κ2) is 4.89. The van der Waals surface area contributed by atoms with E-state index in [0.717, 1.165) is 10.5 Å². The summed E-state index contributed by atoms with van der Waals surface area (Å²) in [6.45, 7) is 1.90. The summed E-state index contributed by atoms with van der Waals surface area (Å²) >= 11 is 0. The molecule has 2 aromatic heterocycles. The van der Waals surface area contributed by atoms with Crippen molar-refractivity contribution in [3.8, 4) is 11.4 Å². The SMILES string of the molecule is CCS(=O)c1cccc(-c2nc3nccnc3[nH]2)c1. The summed E-state index contributed by atoms with van der Waals surface area (Å²) in [5, 5.41) is 0. The van der Waals surface area contributed by atoms with Crippen molar-refractivity contribution < 1.29 is 4.21 Å². The largest absolute Gasteiger partial charge is 0.321 e. The van der Waals surface area contributed by atoms with Crippen LogP contribution in [0.2, 0.25) is 0 Å². The molecule has 5 nitrogen and oxygen atoms in total. The molecule has 0 fully saturated rings. The lowest BCUT2D eigenvalue weighted by atomic mass is 10.2. The number of rotatable bonds is 3. The summed E-state index contributed by atoms with van der Waals surface area (Å²) in [6, 6.07) is 7.56. The molecule has 1 N–H and O–H groups in total. The molecule has 3 aromatic rings. The zero-order valence-electron chi connectivity index (χ0n) is 10.3. The highest BCUT2D eigenvalue weighted by atomic mass is 32.2. The van der Waals surface area contributed by atoms with Gasteiger partial charge >= 0.3 is 0 Å². The number of nitrogens with one attached hydrogen (secondary N) is 1. The van der Waals surface area contributed by atoms with Crippen LogP contribution in [0.3, 0.4) is 0 Å². The van der Waals surface area contributed by atoms with Crippen LogP contribution in [0.4, 0.5) is 0 Å². The molecular formula is C13H12N4OS. The Bertz CT molecular complexity index is 720. The van der Waals surface area contributed by atoms with Crippen molar-refractivity contribution in [3.63, 3.8) is 0 Å². The van der Waals surface area contributed by atoms with Gasteiger partial charge in [-0.25, -0.2) is 15.0 Å². The number of H-pyrrole nitrogens is 1. The quantitative estimate of drug-likeness (QED) is 0.793. The van der Waals surface area contributed by atoms with Crippen LogP contribution in [-0.2, 0) is 10.8 Å². The Morgan fingerprint density at radius 3 is 2.89 bits per heavy atom. The van der Waals surface area contributed by atoms with E-state index in [2.05, 4.69) is 19.9 Å². The fourth-order valence-electron chi connectivity index (χ4n) is 1.84. The molecule has 1 aromatic carbocycles. The van der Waals surface area contributed by atoms with Crippen molar-refractivity contribution in [3.05, 3.63) is 36.7 Å². The fourth-order valence-corrected chi connectivity index (χ4v) is 2.66. The first-order valence-corrected chi connectivity index (χ1v) is 7.25. The van der Waals surface area contributed by atoms with Crippen molar-refractivity contribution in [2.75, 3.05) is 5.75 Å². The third-order valence-electron chi connectivity index (χ3n) is 2.77. The first kappa shape index (κ1) is 12.0. The lowest BCUT2D eigenvalue weighted by molar-refractivity contribution is 0.684. The third kappa shape index (κ3) is 2.26. The van der Waals surface area contributed by atoms with Crippen molar-refractivity contribution >= 4 is 22.1 Å². The summed E-state index contributed by atoms with van der Waals surface area (Å²) in [4.78, 5) is 16.6. The number of fused-ring (bicyclic) bond motifs is 1. The molecule has 1 unspecified atom stereocenters. The van der Waals surface area contributed by atoms with Crippen molar-refractivity contribution in [1.82, 2.24) is 19.9 Å². The molecule has 6 heteroatoms. The van der Waals surface area contributed by atoms with Crippen LogP contribution in [0.25, 0.3) is 22.7 Å². The Morgan fingerprint density at radius 2 is 2.11 bits per heavy atom. The van der Waals surface area contributed by atoms with Crippen LogP contribution in [0.1, 0.15) is 6.92 Å². The lowest BCUT2D eigenvalue weighted by Gasteiger charge is -2.01. The predicted molar refractivity (Wildman–Crippen MR) is 74.1 cm³/mol. The van der Waals surface area contributed by atoms with Gasteiger partial charge in [0.15, 0.2) is 11.3 Å². The monoisotopic (exact) mass is 272 g/mol. The average Bonchev–Trinajstić information content (AvgIpc) is 2.90. The van der Waals surface area contributed by atoms with Gasteiger partial charge in [-0.1, -0.05) is 19.1 Å². The minimum atomic E-state index is -0.965. The van der Waals surface area contributed by atoms with Crippen LogP contribution in [-0.4, -0.2) is 29.9 Å². The number of aromatic nitrogens is 4. The highest BCUT2D eigenvalue weighted by molar-refractivity contribution is 7.85. The molecule has 19 heavy (non-hydrogen) atoms. The van der Waals surface area contributed by atoms with Crippen molar-refractivity contribution in [1.29, 1.82) is 0 Å². The van der Waals surface area contributed by atoms with Gasteiger partial charge in [0.25, 0.3) is 0 Å². The van der Waals surface area contributed by atoms with E-state index < -0.39 is 10.8 Å². The predicted octanol–water partition coefficient (Wildman–Crippen LogP) is 2.15. The van der Waals surface area contributed by atoms with Crippen molar-refractivity contribution in [2.45, 2.75) is 11.8 Å². The summed E-state index contributed by atoms with van der Waals surface area (Å²) in [5.41, 5.74) is 2.12. The van der Waals surface area contributed by atoms with Gasteiger partial charge < -0.3 is 4.98 Å². The van der Waals surface area contributed by atoms with Crippen LogP contribution in [0.15, 0.2) is 41.6 Å². The number of benzene rings is 1. The smallest absolute Gasteiger partial charge is 0.197 e. The number of imidazole rings is 1. The Hall–Kier alpha value is -2.08. The molecule has 0 spiro atoms. The highest BCUT2D eigenvalue weighted by Gasteiger charge is 2.08. The van der Waals surface area contributed by atoms with E-state index in [-0.39, 0.29) is 0 Å². The van der Waals surface area contributed by atoms with Crippen molar-refractivity contribution in [2.24, 2.45) is 0 Å². The number of aromatic amines is 1. The average molecular weight is 272 g/mol. The Balaban J connectivity index is 2.08. The summed E-state index contributed by atoms with van der Waals surface area (Å²) < 4.78 is 11.8. The maximum Gasteiger partial charge on any atom is 0.197 e. The van der Waals surface area contributed by atoms with E-state index >= 15 is 0 Å². The van der Waals surface area contributed by atoms with Crippen LogP contribution >= 0.6 is 0 Å². The maximum atomic E-state index is 11.8. The first-order chi connectivity index (χ1) is 9.28. The van der Waals surface area contributed by atoms with Crippen LogP contribution < -0.4 is 0 Å². The van der Waals surface area contributed by atoms with Gasteiger partial charge in [0.1, 0.15) is 5.82 Å². The molecule has 2 heterocycles. The topological polar surface area (TPSA) is 71.5 Å². The Kier molecular flexibility index (Phi) is 3.08. The molecule has 1 atom stereocenters. The Morgan fingerprint density at radius 1 is 1.26 bits per heavy atom. The van der Waals surface area contributed by atoms with Gasteiger partial charge in [-0.15, -0.1) is 0 Å². The highest BCUT2D eigenvalue weighted by Crippen LogP contribution is 2.20. The van der Waals surface area contributed by atoms with Gasteiger partial charge in [0, 0.05) is 28.6 Å². The lowest BCUT2D eigenvalue weighted by Crippen LogP contribution is -1.94. The van der Waals surface area contributed by atoms with Gasteiger partial charge in [-0.2, -0.15) is 0 Å². The maximum absolute atomic E-state index is 11.8. The van der Waals surface area contributed by atoms with E-state index in [0.29, 0.717) is 22.9 Å². The van der Waals surface area contributed by atoms with Gasteiger partial charge in [-0.3, -0.25) is 4.21 Å². The van der Waals surface area contributed by atoms with Gasteiger partial charge in [0.2, 0.25) is 0 Å². The molecule has 0 bridgehead atoms. The molecule has 0 aliphatic rings. The zero-order chi connectivity index (χ0) is 13.2. The molecule has 0 saturated heterocycles. The van der Waals surface area contributed by atoms with Crippen LogP contribution in [0.5, 0.6) is 0 Å². The van der Waals surface area contributed by atoms with Gasteiger partial charge in [0.05, 0.1) is 10.8 Å². The zero-order valence-corrected chi connectivity index (χ0v) is 11.1. The molecule has 0 amide bonds. The van der Waals surface area contributed by atoms with E-state index in [4.69, 9.17) is 0 Å². The van der Waals surface area contributed by atoms with Gasteiger partial charge in [-0.05, 0) is 12.1 Å². The number of nitrogens with zero attached hydrogens (tertiary/aromatic N) is 3. The molecule has 3 rings (SSSR count). The molecule has 0 radical (unpaired) electrons. The molecule has 0 aliphatic heterocycles. The summed E-state index contributed by atoms with van der Waals surface area (Å²) in [6.07, 6.45) is 3.22. The minimum absolute atomic E-state index is 0.583. The standard InChI is InChI=1S/C13H12N4OS/c1-2-19(18)10-5-3-4-9(8-10)11-16-12-13(17-11)15-7-6-14-12/h3-8H,2H2,1H3,(H,14,15,16,17). The number of hydrogen-bond acceptors (Lipinski definition) is 4. The second-order valence-corrected chi connectivity index (χ2v) is 5.72. The van der Waals surface area contributed by atoms with Crippen LogP contribution in [0, 0.1) is 0 Å². The Labute approximate surface area is 112 Å². The van der Waals surface area contributed by atoms with E-state index in [1.807, 2.05) is 31.2 Å². The normalized spacial score (nSPS) is 12.7. The first-order valence-electron chi connectivity index (χ1n) is 5.93. The molecule has 96 valence electrons. The third-order valence-corrected chi connectivity index (χ3v) is 4.07. The van der Waals surface area contributed by atoms with E-state index in [1.165, 1.54) is 0 Å². The minimum Gasteiger partial charge on any atom is -0.321 e. The molecule has 0 aliphatic carbocycles. The summed E-state index contributed by atoms with van der Waals surface area (Å²) in [5.74, 6) is 1.29.